The summed E-state index contributed by atoms with van der Waals surface area (Å²) < 4.78 is 54.8. The fourth-order valence-electron chi connectivity index (χ4n) is 3.66. The minimum Gasteiger partial charge on any atom is -0.382 e. The van der Waals surface area contributed by atoms with Gasteiger partial charge in [0.2, 0.25) is 0 Å². The van der Waals surface area contributed by atoms with Crippen molar-refractivity contribution in [2.75, 3.05) is 5.73 Å². The molecule has 2 heterocycles. The van der Waals surface area contributed by atoms with Gasteiger partial charge in [0.15, 0.2) is 0 Å². The number of anilines is 1. The van der Waals surface area contributed by atoms with Gasteiger partial charge in [-0.15, -0.1) is 5.73 Å². The highest BCUT2D eigenvalue weighted by Crippen LogP contribution is 2.31. The molecule has 0 aliphatic heterocycles. The van der Waals surface area contributed by atoms with Crippen molar-refractivity contribution in [2.45, 2.75) is 19.1 Å². The molecular formula is C23H15F4N5O. The van der Waals surface area contributed by atoms with E-state index in [1.54, 1.807) is 41.2 Å². The number of amides is 1. The van der Waals surface area contributed by atoms with Gasteiger partial charge in [0.05, 0.1) is 41.4 Å². The molecular weight excluding hydrogens is 438 g/mol. The van der Waals surface area contributed by atoms with E-state index in [-0.39, 0.29) is 17.7 Å². The van der Waals surface area contributed by atoms with Crippen molar-refractivity contribution in [1.82, 2.24) is 19.3 Å². The van der Waals surface area contributed by atoms with Gasteiger partial charge in [-0.2, -0.15) is 13.2 Å². The Morgan fingerprint density at radius 2 is 1.97 bits per heavy atom. The highest BCUT2D eigenvalue weighted by molar-refractivity contribution is 5.99. The molecule has 1 aliphatic carbocycles. The molecule has 0 radical (unpaired) electrons. The number of hydrogen-bond acceptors (Lipinski definition) is 4. The van der Waals surface area contributed by atoms with Gasteiger partial charge in [0.25, 0.3) is 5.91 Å². The normalized spacial score (nSPS) is 13.3. The third-order valence-electron chi connectivity index (χ3n) is 5.47. The number of nitrogens with two attached hydrogens (primary N) is 1. The number of imidazole rings is 1. The predicted molar refractivity (Wildman–Crippen MR) is 112 cm³/mol. The molecule has 2 aromatic carbocycles. The first-order chi connectivity index (χ1) is 15.7. The molecule has 0 saturated heterocycles. The van der Waals surface area contributed by atoms with E-state index in [0.29, 0.717) is 40.6 Å². The van der Waals surface area contributed by atoms with Gasteiger partial charge in [-0.3, -0.25) is 9.20 Å². The maximum Gasteiger partial charge on any atom is 0.416 e. The van der Waals surface area contributed by atoms with E-state index < -0.39 is 23.5 Å². The first-order valence-corrected chi connectivity index (χ1v) is 9.85. The van der Waals surface area contributed by atoms with Gasteiger partial charge in [0, 0.05) is 17.5 Å². The number of alkyl halides is 3. The van der Waals surface area contributed by atoms with E-state index in [9.17, 15) is 22.4 Å². The minimum atomic E-state index is -4.66. The van der Waals surface area contributed by atoms with Crippen LogP contribution in [0.2, 0.25) is 0 Å². The Morgan fingerprint density at radius 3 is 2.64 bits per heavy atom. The molecule has 0 atom stereocenters. The van der Waals surface area contributed by atoms with E-state index in [4.69, 9.17) is 5.73 Å². The molecule has 33 heavy (non-hydrogen) atoms. The predicted octanol–water partition coefficient (Wildman–Crippen LogP) is 4.71. The first kappa shape index (κ1) is 20.7. The summed E-state index contributed by atoms with van der Waals surface area (Å²) >= 11 is 0. The number of nitrogen functional groups attached to an aromatic ring is 1. The van der Waals surface area contributed by atoms with Gasteiger partial charge >= 0.3 is 6.18 Å². The number of carbonyl (C=O) groups excluding carboxylic acids is 1. The molecule has 2 N–H and O–H groups in total. The SMILES string of the molecule is Nc1nc2ccc(C(=O)N(Cc3ccc(C(F)(F)F)cc3F)C3=C=CC3)cc2n2cncc12. The Morgan fingerprint density at radius 1 is 1.18 bits per heavy atom. The van der Waals surface area contributed by atoms with Gasteiger partial charge in [-0.25, -0.2) is 14.4 Å². The van der Waals surface area contributed by atoms with Crippen LogP contribution in [0.5, 0.6) is 0 Å². The zero-order chi connectivity index (χ0) is 23.3. The lowest BCUT2D eigenvalue weighted by Crippen LogP contribution is -2.31. The Kier molecular flexibility index (Phi) is 4.68. The van der Waals surface area contributed by atoms with Crippen LogP contribution in [0.3, 0.4) is 0 Å². The summed E-state index contributed by atoms with van der Waals surface area (Å²) in [5.74, 6) is -1.19. The molecule has 5 rings (SSSR count). The molecule has 2 aromatic heterocycles. The second-order valence-electron chi connectivity index (χ2n) is 7.54. The zero-order valence-corrected chi connectivity index (χ0v) is 16.9. The van der Waals surface area contributed by atoms with Crippen LogP contribution in [0.4, 0.5) is 23.4 Å². The van der Waals surface area contributed by atoms with Crippen molar-refractivity contribution < 1.29 is 22.4 Å². The average Bonchev–Trinajstić information content (AvgIpc) is 3.23. The molecule has 0 unspecified atom stereocenters. The Labute approximate surface area is 184 Å². The third-order valence-corrected chi connectivity index (χ3v) is 5.47. The highest BCUT2D eigenvalue weighted by Gasteiger charge is 2.32. The van der Waals surface area contributed by atoms with Gasteiger partial charge in [-0.1, -0.05) is 6.07 Å². The molecule has 10 heteroatoms. The first-order valence-electron chi connectivity index (χ1n) is 9.85. The maximum absolute atomic E-state index is 14.5. The Balaban J connectivity index is 1.53. The quantitative estimate of drug-likeness (QED) is 0.359. The van der Waals surface area contributed by atoms with Crippen molar-refractivity contribution in [3.63, 3.8) is 0 Å². The minimum absolute atomic E-state index is 0.0372. The van der Waals surface area contributed by atoms with Crippen LogP contribution in [-0.4, -0.2) is 25.2 Å². The van der Waals surface area contributed by atoms with Crippen molar-refractivity contribution in [3.8, 4) is 0 Å². The number of carbonyl (C=O) groups is 1. The molecule has 1 aliphatic rings. The van der Waals surface area contributed by atoms with E-state index >= 15 is 0 Å². The standard InChI is InChI=1S/C23H15F4N5O/c24-17-9-15(23(25,26)27)6-4-14(17)11-31(16-2-1-3-16)22(33)13-5-7-18-19(8-13)32-12-29-10-20(32)21(28)30-18/h1,4-10,12H,2,11H2,(H2,28,30). The Bertz CT molecular complexity index is 1500. The van der Waals surface area contributed by atoms with E-state index in [2.05, 4.69) is 15.7 Å². The fourth-order valence-corrected chi connectivity index (χ4v) is 3.66. The zero-order valence-electron chi connectivity index (χ0n) is 16.9. The van der Waals surface area contributed by atoms with Crippen LogP contribution >= 0.6 is 0 Å². The lowest BCUT2D eigenvalue weighted by Gasteiger charge is -2.26. The largest absolute Gasteiger partial charge is 0.416 e. The molecule has 6 nitrogen and oxygen atoms in total. The van der Waals surface area contributed by atoms with Crippen LogP contribution in [0, 0.1) is 5.82 Å². The smallest absolute Gasteiger partial charge is 0.382 e. The van der Waals surface area contributed by atoms with Crippen LogP contribution in [0.15, 0.2) is 66.4 Å². The van der Waals surface area contributed by atoms with Crippen molar-refractivity contribution in [3.05, 3.63) is 88.9 Å². The summed E-state index contributed by atoms with van der Waals surface area (Å²) in [6.07, 6.45) is 0.595. The number of benzene rings is 2. The van der Waals surface area contributed by atoms with E-state index in [0.717, 1.165) is 12.1 Å². The second kappa shape index (κ2) is 7.46. The second-order valence-corrected chi connectivity index (χ2v) is 7.54. The lowest BCUT2D eigenvalue weighted by atomic mass is 10.1. The number of nitrogens with zero attached hydrogens (tertiary/aromatic N) is 4. The van der Waals surface area contributed by atoms with Gasteiger partial charge in [-0.05, 0) is 36.4 Å². The number of fused-ring (bicyclic) bond motifs is 3. The number of halogens is 4. The van der Waals surface area contributed by atoms with E-state index in [1.807, 2.05) is 0 Å². The summed E-state index contributed by atoms with van der Waals surface area (Å²) in [5.41, 5.74) is 10.3. The molecule has 0 bridgehead atoms. The van der Waals surface area contributed by atoms with Crippen LogP contribution in [-0.2, 0) is 12.7 Å². The molecule has 4 aromatic rings. The fraction of sp³-hybridized carbons (Fsp3) is 0.130. The summed E-state index contributed by atoms with van der Waals surface area (Å²) in [5, 5.41) is 0. The molecule has 1 amide bonds. The van der Waals surface area contributed by atoms with Crippen molar-refractivity contribution >= 4 is 28.3 Å². The van der Waals surface area contributed by atoms with Gasteiger partial charge < -0.3 is 10.6 Å². The third kappa shape index (κ3) is 3.60. The van der Waals surface area contributed by atoms with Crippen LogP contribution in [0.1, 0.15) is 27.9 Å². The highest BCUT2D eigenvalue weighted by atomic mass is 19.4. The maximum atomic E-state index is 14.5. The van der Waals surface area contributed by atoms with Crippen molar-refractivity contribution in [1.29, 1.82) is 0 Å². The summed E-state index contributed by atoms with van der Waals surface area (Å²) in [6, 6.07) is 7.11. The monoisotopic (exact) mass is 453 g/mol. The molecule has 0 fully saturated rings. The summed E-state index contributed by atoms with van der Waals surface area (Å²) in [4.78, 5) is 23.1. The Hall–Kier alpha value is -4.17. The number of aromatic nitrogens is 3. The van der Waals surface area contributed by atoms with E-state index in [1.165, 1.54) is 4.90 Å². The van der Waals surface area contributed by atoms with Crippen molar-refractivity contribution in [2.24, 2.45) is 0 Å². The molecule has 166 valence electrons. The summed E-state index contributed by atoms with van der Waals surface area (Å²) in [7, 11) is 0. The molecule has 0 saturated carbocycles. The summed E-state index contributed by atoms with van der Waals surface area (Å²) in [6.45, 7) is -0.239. The number of rotatable bonds is 4. The topological polar surface area (TPSA) is 76.5 Å². The van der Waals surface area contributed by atoms with Crippen LogP contribution in [0.25, 0.3) is 16.6 Å². The van der Waals surface area contributed by atoms with Gasteiger partial charge in [0.1, 0.15) is 17.2 Å². The lowest BCUT2D eigenvalue weighted by molar-refractivity contribution is -0.137. The average molecular weight is 453 g/mol. The van der Waals surface area contributed by atoms with Crippen LogP contribution < -0.4 is 5.73 Å². The molecule has 0 spiro atoms. The number of hydrogen-bond donors (Lipinski definition) is 1.